The van der Waals surface area contributed by atoms with Gasteiger partial charge in [0.1, 0.15) is 12.2 Å². The summed E-state index contributed by atoms with van der Waals surface area (Å²) in [6.07, 6.45) is 0. The van der Waals surface area contributed by atoms with E-state index in [2.05, 4.69) is 10.3 Å². The number of ether oxygens (including phenoxy) is 1. The number of hydrogen-bond acceptors (Lipinski definition) is 3. The summed E-state index contributed by atoms with van der Waals surface area (Å²) in [5.41, 5.74) is 1.87. The molecule has 5 heteroatoms. The van der Waals surface area contributed by atoms with E-state index in [0.29, 0.717) is 25.1 Å². The minimum absolute atomic E-state index is 0.358. The summed E-state index contributed by atoms with van der Waals surface area (Å²) in [4.78, 5) is 0. The second-order valence-electron chi connectivity index (χ2n) is 3.84. The molecule has 0 amide bonds. The number of aromatic nitrogens is 3. The van der Waals surface area contributed by atoms with Crippen molar-refractivity contribution in [1.29, 1.82) is 0 Å². The minimum Gasteiger partial charge on any atom is -0.359 e. The fourth-order valence-corrected chi connectivity index (χ4v) is 1.49. The maximum absolute atomic E-state index is 5.69. The number of benzene rings is 1. The molecule has 1 atom stereocenters. The average molecular weight is 240 g/mol. The second kappa shape index (κ2) is 5.27. The first-order valence-corrected chi connectivity index (χ1v) is 5.76. The van der Waals surface area contributed by atoms with Gasteiger partial charge in [0.2, 0.25) is 0 Å². The van der Waals surface area contributed by atoms with Crippen LogP contribution in [-0.4, -0.2) is 27.5 Å². The highest BCUT2D eigenvalue weighted by Gasteiger charge is 2.04. The Morgan fingerprint density at radius 2 is 2.25 bits per heavy atom. The summed E-state index contributed by atoms with van der Waals surface area (Å²) in [6.45, 7) is 3.10. The van der Waals surface area contributed by atoms with Gasteiger partial charge in [0.25, 0.3) is 0 Å². The third-order valence-corrected chi connectivity index (χ3v) is 2.83. The second-order valence-corrected chi connectivity index (χ2v) is 4.15. The van der Waals surface area contributed by atoms with E-state index >= 15 is 0 Å². The van der Waals surface area contributed by atoms with Gasteiger partial charge in [0, 0.05) is 5.88 Å². The lowest BCUT2D eigenvalue weighted by molar-refractivity contribution is 0.0526. The maximum atomic E-state index is 5.69. The van der Waals surface area contributed by atoms with Crippen LogP contribution in [0.2, 0.25) is 0 Å². The van der Waals surface area contributed by atoms with E-state index in [-0.39, 0.29) is 0 Å². The topological polar surface area (TPSA) is 39.9 Å². The molecular formula is C11H14ClN3O. The Bertz CT molecular complexity index is 457. The van der Waals surface area contributed by atoms with Crippen LogP contribution in [-0.2, 0) is 11.5 Å². The third-order valence-electron chi connectivity index (χ3n) is 2.30. The number of rotatable bonds is 5. The Kier molecular flexibility index (Phi) is 3.74. The number of fused-ring (bicyclic) bond motifs is 1. The zero-order chi connectivity index (χ0) is 11.4. The van der Waals surface area contributed by atoms with Gasteiger partial charge in [0.15, 0.2) is 0 Å². The Morgan fingerprint density at radius 1 is 1.44 bits per heavy atom. The lowest BCUT2D eigenvalue weighted by atomic mass is 10.2. The first kappa shape index (κ1) is 11.4. The minimum atomic E-state index is 0.358. The van der Waals surface area contributed by atoms with Gasteiger partial charge in [-0.2, -0.15) is 0 Å². The first-order valence-electron chi connectivity index (χ1n) is 5.23. The molecule has 0 spiro atoms. The van der Waals surface area contributed by atoms with E-state index in [4.69, 9.17) is 16.3 Å². The fraction of sp³-hybridized carbons (Fsp3) is 0.455. The molecule has 1 aromatic carbocycles. The van der Waals surface area contributed by atoms with Crippen LogP contribution in [0.5, 0.6) is 0 Å². The van der Waals surface area contributed by atoms with Crippen molar-refractivity contribution in [1.82, 2.24) is 15.0 Å². The van der Waals surface area contributed by atoms with E-state index in [1.54, 1.807) is 4.68 Å². The molecule has 2 rings (SSSR count). The van der Waals surface area contributed by atoms with Crippen molar-refractivity contribution in [3.63, 3.8) is 0 Å². The van der Waals surface area contributed by atoms with Gasteiger partial charge in [-0.05, 0) is 18.1 Å². The molecule has 0 aliphatic heterocycles. The predicted octanol–water partition coefficient (Wildman–Crippen LogP) is 2.28. The molecule has 0 saturated heterocycles. The zero-order valence-corrected chi connectivity index (χ0v) is 9.89. The molecule has 0 aliphatic carbocycles. The van der Waals surface area contributed by atoms with Gasteiger partial charge >= 0.3 is 0 Å². The lowest BCUT2D eigenvalue weighted by Crippen LogP contribution is -2.11. The smallest absolute Gasteiger partial charge is 0.141 e. The molecule has 0 N–H and O–H groups in total. The molecule has 2 aromatic rings. The van der Waals surface area contributed by atoms with Crippen molar-refractivity contribution < 1.29 is 4.74 Å². The summed E-state index contributed by atoms with van der Waals surface area (Å²) in [5.74, 6) is 0.967. The zero-order valence-electron chi connectivity index (χ0n) is 9.14. The largest absolute Gasteiger partial charge is 0.359 e. The van der Waals surface area contributed by atoms with Crippen molar-refractivity contribution in [2.45, 2.75) is 13.7 Å². The Hall–Kier alpha value is -1.13. The number of nitrogens with zero attached hydrogens (tertiary/aromatic N) is 3. The van der Waals surface area contributed by atoms with Crippen molar-refractivity contribution in [3.8, 4) is 0 Å². The SMILES string of the molecule is CC(CCl)COCn1nnc2ccccc21. The highest BCUT2D eigenvalue weighted by molar-refractivity contribution is 6.18. The van der Waals surface area contributed by atoms with Crippen LogP contribution in [0.15, 0.2) is 24.3 Å². The highest BCUT2D eigenvalue weighted by Crippen LogP contribution is 2.09. The van der Waals surface area contributed by atoms with Crippen molar-refractivity contribution in [3.05, 3.63) is 24.3 Å². The van der Waals surface area contributed by atoms with Gasteiger partial charge in [-0.25, -0.2) is 4.68 Å². The van der Waals surface area contributed by atoms with E-state index < -0.39 is 0 Å². The molecule has 4 nitrogen and oxygen atoms in total. The molecule has 0 radical (unpaired) electrons. The van der Waals surface area contributed by atoms with Gasteiger partial charge in [-0.1, -0.05) is 24.3 Å². The van der Waals surface area contributed by atoms with Crippen LogP contribution in [0.4, 0.5) is 0 Å². The number of hydrogen-bond donors (Lipinski definition) is 0. The van der Waals surface area contributed by atoms with E-state index in [0.717, 1.165) is 11.0 Å². The van der Waals surface area contributed by atoms with Crippen LogP contribution in [0.25, 0.3) is 11.0 Å². The average Bonchev–Trinajstić information content (AvgIpc) is 2.73. The summed E-state index contributed by atoms with van der Waals surface area (Å²) in [5, 5.41) is 8.07. The molecule has 16 heavy (non-hydrogen) atoms. The molecule has 0 aliphatic rings. The Morgan fingerprint density at radius 3 is 3.06 bits per heavy atom. The van der Waals surface area contributed by atoms with Crippen LogP contribution in [0.1, 0.15) is 6.92 Å². The fourth-order valence-electron chi connectivity index (χ4n) is 1.40. The van der Waals surface area contributed by atoms with E-state index in [9.17, 15) is 0 Å². The third kappa shape index (κ3) is 2.51. The van der Waals surface area contributed by atoms with Crippen LogP contribution in [0.3, 0.4) is 0 Å². The molecule has 1 heterocycles. The molecular weight excluding hydrogens is 226 g/mol. The Balaban J connectivity index is 1.99. The van der Waals surface area contributed by atoms with Crippen LogP contribution >= 0.6 is 11.6 Å². The predicted molar refractivity (Wildman–Crippen MR) is 63.4 cm³/mol. The molecule has 1 aromatic heterocycles. The van der Waals surface area contributed by atoms with Gasteiger partial charge < -0.3 is 4.74 Å². The van der Waals surface area contributed by atoms with E-state index in [1.807, 2.05) is 31.2 Å². The lowest BCUT2D eigenvalue weighted by Gasteiger charge is -2.08. The molecule has 0 saturated carbocycles. The van der Waals surface area contributed by atoms with Crippen LogP contribution in [0, 0.1) is 5.92 Å². The molecule has 0 bridgehead atoms. The summed E-state index contributed by atoms with van der Waals surface area (Å²) in [7, 11) is 0. The summed E-state index contributed by atoms with van der Waals surface area (Å²) in [6, 6.07) is 7.81. The monoisotopic (exact) mass is 239 g/mol. The highest BCUT2D eigenvalue weighted by atomic mass is 35.5. The Labute approximate surface area is 99.1 Å². The summed E-state index contributed by atoms with van der Waals surface area (Å²) < 4.78 is 7.26. The van der Waals surface area contributed by atoms with Gasteiger partial charge in [0.05, 0.1) is 12.1 Å². The molecule has 1 unspecified atom stereocenters. The maximum Gasteiger partial charge on any atom is 0.141 e. The van der Waals surface area contributed by atoms with Gasteiger partial charge in [-0.3, -0.25) is 0 Å². The number of para-hydroxylation sites is 1. The van der Waals surface area contributed by atoms with Crippen molar-refractivity contribution in [2.75, 3.05) is 12.5 Å². The number of halogens is 1. The number of alkyl halides is 1. The summed E-state index contributed by atoms with van der Waals surface area (Å²) >= 11 is 5.69. The normalized spacial score (nSPS) is 13.1. The van der Waals surface area contributed by atoms with Crippen LogP contribution < -0.4 is 0 Å². The first-order chi connectivity index (χ1) is 7.81. The van der Waals surface area contributed by atoms with Crippen molar-refractivity contribution in [2.24, 2.45) is 5.92 Å². The molecule has 86 valence electrons. The van der Waals surface area contributed by atoms with E-state index in [1.165, 1.54) is 0 Å². The standard InChI is InChI=1S/C11H14ClN3O/c1-9(6-12)7-16-8-15-11-5-3-2-4-10(11)13-14-15/h2-5,9H,6-8H2,1H3. The molecule has 0 fully saturated rings. The quantitative estimate of drug-likeness (QED) is 0.752. The van der Waals surface area contributed by atoms with Crippen molar-refractivity contribution >= 4 is 22.6 Å². The van der Waals surface area contributed by atoms with Gasteiger partial charge in [-0.15, -0.1) is 16.7 Å².